The number of methoxy groups -OCH3 is 1. The van der Waals surface area contributed by atoms with E-state index in [9.17, 15) is 9.59 Å². The molecule has 1 aromatic rings. The molecule has 1 aliphatic rings. The standard InChI is InChI=1S/C16H23N5O3/c1-17-15(18-8-9-21-14(22)10-19-16(21)23)20(2)11-12-4-6-13(24-3)7-5-12/h4-7H,8-11H2,1-3H3,(H,17,18)(H,19,23). The number of nitrogens with one attached hydrogen (secondary N) is 2. The van der Waals surface area contributed by atoms with Gasteiger partial charge in [-0.1, -0.05) is 12.1 Å². The molecule has 2 N–H and O–H groups in total. The first-order valence-corrected chi connectivity index (χ1v) is 7.68. The number of nitrogens with zero attached hydrogens (tertiary/aromatic N) is 3. The number of guanidine groups is 1. The third-order valence-electron chi connectivity index (χ3n) is 3.71. The number of imide groups is 1. The average Bonchev–Trinajstić information content (AvgIpc) is 2.91. The van der Waals surface area contributed by atoms with Crippen molar-refractivity contribution < 1.29 is 14.3 Å². The molecular formula is C16H23N5O3. The third-order valence-corrected chi connectivity index (χ3v) is 3.71. The molecule has 3 amide bonds. The highest BCUT2D eigenvalue weighted by atomic mass is 16.5. The Morgan fingerprint density at radius 3 is 2.62 bits per heavy atom. The second-order valence-corrected chi connectivity index (χ2v) is 5.38. The Bertz CT molecular complexity index is 599. The Labute approximate surface area is 141 Å². The van der Waals surface area contributed by atoms with Crippen molar-refractivity contribution in [2.75, 3.05) is 40.8 Å². The van der Waals surface area contributed by atoms with Gasteiger partial charge in [0.1, 0.15) is 5.75 Å². The lowest BCUT2D eigenvalue weighted by Gasteiger charge is -2.23. The predicted octanol–water partition coefficient (Wildman–Crippen LogP) is 0.254. The van der Waals surface area contributed by atoms with Crippen LogP contribution in [0.3, 0.4) is 0 Å². The molecule has 0 saturated carbocycles. The van der Waals surface area contributed by atoms with Crippen LogP contribution in [0.15, 0.2) is 29.3 Å². The topological polar surface area (TPSA) is 86.3 Å². The fourth-order valence-electron chi connectivity index (χ4n) is 2.43. The third kappa shape index (κ3) is 4.37. The van der Waals surface area contributed by atoms with Gasteiger partial charge in [0.15, 0.2) is 5.96 Å². The zero-order valence-corrected chi connectivity index (χ0v) is 14.2. The predicted molar refractivity (Wildman–Crippen MR) is 90.9 cm³/mol. The lowest BCUT2D eigenvalue weighted by molar-refractivity contribution is -0.124. The summed E-state index contributed by atoms with van der Waals surface area (Å²) in [6.45, 7) is 1.50. The van der Waals surface area contributed by atoms with Crippen molar-refractivity contribution in [3.05, 3.63) is 29.8 Å². The molecule has 1 fully saturated rings. The van der Waals surface area contributed by atoms with Crippen LogP contribution in [0.25, 0.3) is 0 Å². The van der Waals surface area contributed by atoms with E-state index in [4.69, 9.17) is 4.74 Å². The van der Waals surface area contributed by atoms with Gasteiger partial charge in [0, 0.05) is 33.7 Å². The minimum atomic E-state index is -0.344. The van der Waals surface area contributed by atoms with Gasteiger partial charge >= 0.3 is 6.03 Å². The molecular weight excluding hydrogens is 310 g/mol. The summed E-state index contributed by atoms with van der Waals surface area (Å²) in [6, 6.07) is 7.47. The molecule has 8 nitrogen and oxygen atoms in total. The van der Waals surface area contributed by atoms with Gasteiger partial charge in [-0.2, -0.15) is 0 Å². The molecule has 0 aromatic heterocycles. The van der Waals surface area contributed by atoms with Gasteiger partial charge in [-0.3, -0.25) is 14.7 Å². The van der Waals surface area contributed by atoms with Gasteiger partial charge in [0.25, 0.3) is 0 Å². The molecule has 0 spiro atoms. The molecule has 0 aliphatic carbocycles. The number of aliphatic imine (C=N–C) groups is 1. The van der Waals surface area contributed by atoms with E-state index < -0.39 is 0 Å². The summed E-state index contributed by atoms with van der Waals surface area (Å²) in [5, 5.41) is 5.65. The van der Waals surface area contributed by atoms with Crippen LogP contribution in [0.4, 0.5) is 4.79 Å². The van der Waals surface area contributed by atoms with Crippen LogP contribution < -0.4 is 15.4 Å². The van der Waals surface area contributed by atoms with Crippen LogP contribution in [0.5, 0.6) is 5.75 Å². The Morgan fingerprint density at radius 1 is 1.38 bits per heavy atom. The van der Waals surface area contributed by atoms with Crippen molar-refractivity contribution >= 4 is 17.9 Å². The van der Waals surface area contributed by atoms with E-state index in [1.54, 1.807) is 14.2 Å². The molecule has 1 aromatic carbocycles. The summed E-state index contributed by atoms with van der Waals surface area (Å²) in [6.07, 6.45) is 0. The number of hydrogen-bond acceptors (Lipinski definition) is 4. The van der Waals surface area contributed by atoms with Gasteiger partial charge in [0.2, 0.25) is 5.91 Å². The number of carbonyl (C=O) groups excluding carboxylic acids is 2. The number of carbonyl (C=O) groups is 2. The van der Waals surface area contributed by atoms with Gasteiger partial charge in [-0.05, 0) is 17.7 Å². The summed E-state index contributed by atoms with van der Waals surface area (Å²) in [7, 11) is 5.26. The first kappa shape index (κ1) is 17.6. The van der Waals surface area contributed by atoms with Crippen LogP contribution in [-0.4, -0.2) is 68.5 Å². The van der Waals surface area contributed by atoms with Gasteiger partial charge in [-0.25, -0.2) is 4.79 Å². The average molecular weight is 333 g/mol. The lowest BCUT2D eigenvalue weighted by Crippen LogP contribution is -2.43. The van der Waals surface area contributed by atoms with E-state index in [0.717, 1.165) is 11.3 Å². The van der Waals surface area contributed by atoms with Crippen molar-refractivity contribution in [3.63, 3.8) is 0 Å². The maximum absolute atomic E-state index is 11.5. The summed E-state index contributed by atoms with van der Waals surface area (Å²) in [5.41, 5.74) is 1.12. The van der Waals surface area contributed by atoms with Crippen molar-refractivity contribution in [1.82, 2.24) is 20.4 Å². The molecule has 1 saturated heterocycles. The maximum atomic E-state index is 11.5. The van der Waals surface area contributed by atoms with E-state index in [1.165, 1.54) is 4.90 Å². The minimum Gasteiger partial charge on any atom is -0.497 e. The Balaban J connectivity index is 1.83. The largest absolute Gasteiger partial charge is 0.497 e. The number of ether oxygens (including phenoxy) is 1. The highest BCUT2D eigenvalue weighted by Gasteiger charge is 2.27. The van der Waals surface area contributed by atoms with E-state index in [1.807, 2.05) is 36.2 Å². The Hall–Kier alpha value is -2.77. The highest BCUT2D eigenvalue weighted by molar-refractivity contribution is 6.01. The fourth-order valence-corrected chi connectivity index (χ4v) is 2.43. The van der Waals surface area contributed by atoms with E-state index in [-0.39, 0.29) is 18.5 Å². The summed E-state index contributed by atoms with van der Waals surface area (Å²) in [5.74, 6) is 1.30. The Kier molecular flexibility index (Phi) is 6.00. The molecule has 1 heterocycles. The van der Waals surface area contributed by atoms with E-state index in [0.29, 0.717) is 25.6 Å². The molecule has 24 heavy (non-hydrogen) atoms. The molecule has 0 atom stereocenters. The fraction of sp³-hybridized carbons (Fsp3) is 0.438. The molecule has 0 radical (unpaired) electrons. The second-order valence-electron chi connectivity index (χ2n) is 5.38. The normalized spacial score (nSPS) is 14.6. The van der Waals surface area contributed by atoms with Gasteiger partial charge in [0.05, 0.1) is 13.7 Å². The quantitative estimate of drug-likeness (QED) is 0.443. The first-order chi connectivity index (χ1) is 11.5. The number of urea groups is 1. The molecule has 8 heteroatoms. The maximum Gasteiger partial charge on any atom is 0.324 e. The van der Waals surface area contributed by atoms with E-state index >= 15 is 0 Å². The lowest BCUT2D eigenvalue weighted by atomic mass is 10.2. The molecule has 0 bridgehead atoms. The molecule has 0 unspecified atom stereocenters. The number of amides is 3. The summed E-state index contributed by atoms with van der Waals surface area (Å²) < 4.78 is 5.15. The molecule has 1 aliphatic heterocycles. The number of benzene rings is 1. The Morgan fingerprint density at radius 2 is 2.08 bits per heavy atom. The molecule has 2 rings (SSSR count). The van der Waals surface area contributed by atoms with Crippen LogP contribution in [0.2, 0.25) is 0 Å². The first-order valence-electron chi connectivity index (χ1n) is 7.68. The zero-order chi connectivity index (χ0) is 17.5. The SMILES string of the molecule is CN=C(NCCN1C(=O)CNC1=O)N(C)Cc1ccc(OC)cc1. The zero-order valence-electron chi connectivity index (χ0n) is 14.2. The van der Waals surface area contributed by atoms with Gasteiger partial charge < -0.3 is 20.3 Å². The van der Waals surface area contributed by atoms with Crippen molar-refractivity contribution in [3.8, 4) is 5.75 Å². The molecule has 130 valence electrons. The highest BCUT2D eigenvalue weighted by Crippen LogP contribution is 2.12. The number of rotatable bonds is 6. The smallest absolute Gasteiger partial charge is 0.324 e. The van der Waals surface area contributed by atoms with Crippen LogP contribution >= 0.6 is 0 Å². The van der Waals surface area contributed by atoms with E-state index in [2.05, 4.69) is 15.6 Å². The van der Waals surface area contributed by atoms with Crippen molar-refractivity contribution in [2.45, 2.75) is 6.54 Å². The summed E-state index contributed by atoms with van der Waals surface area (Å²) in [4.78, 5) is 30.4. The monoisotopic (exact) mass is 333 g/mol. The summed E-state index contributed by atoms with van der Waals surface area (Å²) >= 11 is 0. The van der Waals surface area contributed by atoms with Crippen LogP contribution in [0.1, 0.15) is 5.56 Å². The van der Waals surface area contributed by atoms with Crippen molar-refractivity contribution in [1.29, 1.82) is 0 Å². The number of hydrogen-bond donors (Lipinski definition) is 2. The van der Waals surface area contributed by atoms with Crippen LogP contribution in [0, 0.1) is 0 Å². The second kappa shape index (κ2) is 8.19. The van der Waals surface area contributed by atoms with Gasteiger partial charge in [-0.15, -0.1) is 0 Å². The minimum absolute atomic E-state index is 0.0743. The van der Waals surface area contributed by atoms with Crippen molar-refractivity contribution in [2.24, 2.45) is 4.99 Å². The van der Waals surface area contributed by atoms with Crippen LogP contribution in [-0.2, 0) is 11.3 Å².